The third-order valence-electron chi connectivity index (χ3n) is 3.23. The van der Waals surface area contributed by atoms with Crippen LogP contribution in [0.1, 0.15) is 12.5 Å². The number of benzene rings is 1. The van der Waals surface area contributed by atoms with Crippen molar-refractivity contribution in [2.75, 3.05) is 6.61 Å². The summed E-state index contributed by atoms with van der Waals surface area (Å²) < 4.78 is 7.20. The molecule has 0 aliphatic rings. The summed E-state index contributed by atoms with van der Waals surface area (Å²) in [4.78, 5) is 3.98. The van der Waals surface area contributed by atoms with Gasteiger partial charge in [0, 0.05) is 23.5 Å². The molecule has 0 atom stereocenters. The van der Waals surface area contributed by atoms with Gasteiger partial charge >= 0.3 is 0 Å². The van der Waals surface area contributed by atoms with Crippen molar-refractivity contribution in [1.82, 2.24) is 19.9 Å². The summed E-state index contributed by atoms with van der Waals surface area (Å²) in [5.74, 6) is 0.995. The van der Waals surface area contributed by atoms with E-state index in [1.807, 2.05) is 19.1 Å². The van der Waals surface area contributed by atoms with Crippen LogP contribution in [0, 0.1) is 4.77 Å². The first-order chi connectivity index (χ1) is 11.7. The molecule has 122 valence electrons. The lowest BCUT2D eigenvalue weighted by Crippen LogP contribution is -1.97. The second-order valence-electron chi connectivity index (χ2n) is 4.77. The molecule has 3 aromatic rings. The molecule has 0 saturated heterocycles. The Balaban J connectivity index is 1.98. The minimum atomic E-state index is 0.0311. The van der Waals surface area contributed by atoms with E-state index in [-0.39, 0.29) is 5.75 Å². The van der Waals surface area contributed by atoms with Crippen molar-refractivity contribution >= 4 is 18.4 Å². The van der Waals surface area contributed by atoms with Gasteiger partial charge in [-0.2, -0.15) is 14.9 Å². The number of phenols is 1. The van der Waals surface area contributed by atoms with Crippen LogP contribution in [0.5, 0.6) is 11.5 Å². The number of aromatic hydroxyl groups is 1. The Labute approximate surface area is 143 Å². The number of nitrogens with one attached hydrogen (secondary N) is 1. The molecule has 0 bridgehead atoms. The van der Waals surface area contributed by atoms with Crippen molar-refractivity contribution in [3.63, 3.8) is 0 Å². The second kappa shape index (κ2) is 7.05. The maximum Gasteiger partial charge on any atom is 0.216 e. The van der Waals surface area contributed by atoms with E-state index >= 15 is 0 Å². The minimum absolute atomic E-state index is 0.0311. The molecule has 2 heterocycles. The van der Waals surface area contributed by atoms with Gasteiger partial charge in [0.2, 0.25) is 4.77 Å². The molecule has 0 unspecified atom stereocenters. The van der Waals surface area contributed by atoms with Gasteiger partial charge in [-0.1, -0.05) is 6.07 Å². The fourth-order valence-corrected chi connectivity index (χ4v) is 2.30. The van der Waals surface area contributed by atoms with E-state index in [9.17, 15) is 5.11 Å². The first-order valence-corrected chi connectivity index (χ1v) is 7.68. The van der Waals surface area contributed by atoms with E-state index in [2.05, 4.69) is 20.3 Å². The zero-order chi connectivity index (χ0) is 16.9. The lowest BCUT2D eigenvalue weighted by Gasteiger charge is -2.07. The highest BCUT2D eigenvalue weighted by Crippen LogP contribution is 2.28. The molecule has 0 aliphatic heterocycles. The minimum Gasteiger partial charge on any atom is -0.504 e. The molecule has 0 fully saturated rings. The van der Waals surface area contributed by atoms with Gasteiger partial charge in [0.25, 0.3) is 0 Å². The highest BCUT2D eigenvalue weighted by atomic mass is 32.1. The third-order valence-corrected chi connectivity index (χ3v) is 3.50. The molecule has 8 heteroatoms. The van der Waals surface area contributed by atoms with Crippen LogP contribution >= 0.6 is 12.2 Å². The van der Waals surface area contributed by atoms with Gasteiger partial charge in [0.15, 0.2) is 17.3 Å². The number of aromatic nitrogens is 4. The van der Waals surface area contributed by atoms with Crippen molar-refractivity contribution in [2.24, 2.45) is 5.10 Å². The molecule has 2 N–H and O–H groups in total. The average molecular weight is 341 g/mol. The monoisotopic (exact) mass is 341 g/mol. The number of aromatic amines is 1. The Morgan fingerprint density at radius 3 is 2.88 bits per heavy atom. The molecule has 3 rings (SSSR count). The summed E-state index contributed by atoms with van der Waals surface area (Å²) in [6.45, 7) is 2.32. The number of para-hydroxylation sites is 1. The van der Waals surface area contributed by atoms with Crippen LogP contribution in [0.4, 0.5) is 0 Å². The molecule has 7 nitrogen and oxygen atoms in total. The largest absolute Gasteiger partial charge is 0.504 e. The van der Waals surface area contributed by atoms with Gasteiger partial charge in [-0.05, 0) is 43.4 Å². The lowest BCUT2D eigenvalue weighted by molar-refractivity contribution is 0.318. The number of ether oxygens (including phenoxy) is 1. The molecular weight excluding hydrogens is 326 g/mol. The molecule has 24 heavy (non-hydrogen) atoms. The summed E-state index contributed by atoms with van der Waals surface area (Å²) >= 11 is 5.22. The van der Waals surface area contributed by atoms with Crippen LogP contribution in [0.2, 0.25) is 0 Å². The zero-order valence-electron chi connectivity index (χ0n) is 12.9. The van der Waals surface area contributed by atoms with Gasteiger partial charge in [0.1, 0.15) is 0 Å². The Hall–Kier alpha value is -3.00. The van der Waals surface area contributed by atoms with Crippen molar-refractivity contribution in [1.29, 1.82) is 0 Å². The highest BCUT2D eigenvalue weighted by molar-refractivity contribution is 7.71. The lowest BCUT2D eigenvalue weighted by atomic mass is 10.2. The molecule has 2 aromatic heterocycles. The van der Waals surface area contributed by atoms with Gasteiger partial charge in [0.05, 0.1) is 12.8 Å². The molecule has 0 radical (unpaired) electrons. The normalized spacial score (nSPS) is 11.0. The topological polar surface area (TPSA) is 88.3 Å². The molecule has 1 aromatic carbocycles. The maximum absolute atomic E-state index is 10.2. The summed E-state index contributed by atoms with van der Waals surface area (Å²) in [7, 11) is 0. The van der Waals surface area contributed by atoms with Crippen molar-refractivity contribution in [2.45, 2.75) is 6.92 Å². The molecule has 0 spiro atoms. The standard InChI is InChI=1S/C16H15N5O2S/c1-2-23-13-5-3-4-12(14(13)22)10-18-21-15(19-20-16(21)24)11-6-8-17-9-7-11/h3-10,22H,2H2,1H3,(H,20,24). The first-order valence-electron chi connectivity index (χ1n) is 7.27. The molecule has 0 amide bonds. The van der Waals surface area contributed by atoms with Gasteiger partial charge in [-0.25, -0.2) is 5.10 Å². The molecular formula is C16H15N5O2S. The fourth-order valence-electron chi connectivity index (χ4n) is 2.12. The van der Waals surface area contributed by atoms with Crippen LogP contribution < -0.4 is 4.74 Å². The van der Waals surface area contributed by atoms with Crippen molar-refractivity contribution in [3.8, 4) is 22.9 Å². The van der Waals surface area contributed by atoms with E-state index in [1.54, 1.807) is 30.6 Å². The zero-order valence-corrected chi connectivity index (χ0v) is 13.7. The summed E-state index contributed by atoms with van der Waals surface area (Å²) in [6, 6.07) is 8.83. The Bertz CT molecular complexity index is 918. The summed E-state index contributed by atoms with van der Waals surface area (Å²) in [6.07, 6.45) is 4.84. The second-order valence-corrected chi connectivity index (χ2v) is 5.16. The van der Waals surface area contributed by atoms with Gasteiger partial charge in [-0.15, -0.1) is 0 Å². The van der Waals surface area contributed by atoms with Crippen LogP contribution in [0.15, 0.2) is 47.8 Å². The molecule has 0 aliphatic carbocycles. The average Bonchev–Trinajstić information content (AvgIpc) is 2.97. The number of rotatable bonds is 5. The number of phenolic OH excluding ortho intramolecular Hbond substituents is 1. The number of hydrogen-bond donors (Lipinski definition) is 2. The van der Waals surface area contributed by atoms with E-state index < -0.39 is 0 Å². The Kier molecular flexibility index (Phi) is 4.66. The predicted molar refractivity (Wildman–Crippen MR) is 92.9 cm³/mol. The predicted octanol–water partition coefficient (Wildman–Crippen LogP) is 2.99. The Morgan fingerprint density at radius 1 is 1.33 bits per heavy atom. The number of hydrogen-bond acceptors (Lipinski definition) is 6. The van der Waals surface area contributed by atoms with Crippen molar-refractivity contribution < 1.29 is 9.84 Å². The van der Waals surface area contributed by atoms with Gasteiger partial charge < -0.3 is 9.84 Å². The number of nitrogens with zero attached hydrogens (tertiary/aromatic N) is 4. The smallest absolute Gasteiger partial charge is 0.216 e. The quantitative estimate of drug-likeness (QED) is 0.550. The van der Waals surface area contributed by atoms with Crippen LogP contribution in [0.3, 0.4) is 0 Å². The summed E-state index contributed by atoms with van der Waals surface area (Å²) in [5, 5.41) is 21.5. The van der Waals surface area contributed by atoms with Crippen LogP contribution in [-0.2, 0) is 0 Å². The number of pyridine rings is 1. The van der Waals surface area contributed by atoms with E-state index in [4.69, 9.17) is 17.0 Å². The third kappa shape index (κ3) is 3.18. The van der Waals surface area contributed by atoms with Crippen molar-refractivity contribution in [3.05, 3.63) is 53.1 Å². The molecule has 0 saturated carbocycles. The van der Waals surface area contributed by atoms with Crippen LogP contribution in [0.25, 0.3) is 11.4 Å². The Morgan fingerprint density at radius 2 is 2.12 bits per heavy atom. The fraction of sp³-hybridized carbons (Fsp3) is 0.125. The maximum atomic E-state index is 10.2. The van der Waals surface area contributed by atoms with E-state index in [1.165, 1.54) is 10.9 Å². The highest BCUT2D eigenvalue weighted by Gasteiger charge is 2.09. The van der Waals surface area contributed by atoms with Crippen LogP contribution in [-0.4, -0.2) is 37.8 Å². The first kappa shape index (κ1) is 15.9. The SMILES string of the molecule is CCOc1cccc(C=Nn2c(-c3ccncc3)n[nH]c2=S)c1O. The van der Waals surface area contributed by atoms with Gasteiger partial charge in [-0.3, -0.25) is 4.98 Å². The number of H-pyrrole nitrogens is 1. The summed E-state index contributed by atoms with van der Waals surface area (Å²) in [5.41, 5.74) is 1.34. The van der Waals surface area contributed by atoms with E-state index in [0.717, 1.165) is 5.56 Å². The van der Waals surface area contributed by atoms with E-state index in [0.29, 0.717) is 28.5 Å².